The summed E-state index contributed by atoms with van der Waals surface area (Å²) >= 11 is 0. The van der Waals surface area contributed by atoms with Gasteiger partial charge < -0.3 is 15.3 Å². The van der Waals surface area contributed by atoms with Crippen molar-refractivity contribution in [3.63, 3.8) is 0 Å². The Morgan fingerprint density at radius 1 is 1.50 bits per heavy atom. The number of nitrogens with zero attached hydrogens (tertiary/aromatic N) is 1. The third kappa shape index (κ3) is 3.81. The Labute approximate surface area is 116 Å². The molecule has 0 fully saturated rings. The van der Waals surface area contributed by atoms with Crippen molar-refractivity contribution >= 4 is 17.7 Å². The van der Waals surface area contributed by atoms with Gasteiger partial charge in [0.2, 0.25) is 0 Å². The molecule has 1 rings (SSSR count). The number of halogens is 1. The van der Waals surface area contributed by atoms with E-state index in [-0.39, 0.29) is 17.3 Å². The average Bonchev–Trinajstić information content (AvgIpc) is 2.34. The van der Waals surface area contributed by atoms with E-state index < -0.39 is 17.8 Å². The molecule has 108 valence electrons. The highest BCUT2D eigenvalue weighted by molar-refractivity contribution is 6.00. The van der Waals surface area contributed by atoms with Gasteiger partial charge in [-0.05, 0) is 32.0 Å². The van der Waals surface area contributed by atoms with E-state index in [1.54, 1.807) is 6.08 Å². The van der Waals surface area contributed by atoms with Gasteiger partial charge in [0.15, 0.2) is 0 Å². The standard InChI is InChI=1S/C14H17FN2O3/c1-4-7-17(9(2)3)14(20)16-12-8-10(15)5-6-11(12)13(18)19/h4-6,8-9H,1,7H2,2-3H3,(H,16,20)(H,18,19). The fraction of sp³-hybridized carbons (Fsp3) is 0.286. The fourth-order valence-electron chi connectivity index (χ4n) is 1.66. The SMILES string of the molecule is C=CCN(C(=O)Nc1cc(F)ccc1C(=O)O)C(C)C. The molecule has 2 amide bonds. The van der Waals surface area contributed by atoms with Crippen molar-refractivity contribution in [3.8, 4) is 0 Å². The summed E-state index contributed by atoms with van der Waals surface area (Å²) in [7, 11) is 0. The van der Waals surface area contributed by atoms with Gasteiger partial charge in [-0.3, -0.25) is 0 Å². The number of benzene rings is 1. The Morgan fingerprint density at radius 3 is 2.65 bits per heavy atom. The molecule has 0 spiro atoms. The predicted molar refractivity (Wildman–Crippen MR) is 74.4 cm³/mol. The summed E-state index contributed by atoms with van der Waals surface area (Å²) in [5, 5.41) is 11.4. The van der Waals surface area contributed by atoms with Crippen LogP contribution in [0.4, 0.5) is 14.9 Å². The summed E-state index contributed by atoms with van der Waals surface area (Å²) in [6.45, 7) is 7.49. The highest BCUT2D eigenvalue weighted by Crippen LogP contribution is 2.18. The first-order valence-corrected chi connectivity index (χ1v) is 6.08. The number of hydrogen-bond donors (Lipinski definition) is 2. The molecule has 0 aromatic heterocycles. The summed E-state index contributed by atoms with van der Waals surface area (Å²) in [6.07, 6.45) is 1.56. The van der Waals surface area contributed by atoms with Crippen LogP contribution >= 0.6 is 0 Å². The molecular weight excluding hydrogens is 263 g/mol. The van der Waals surface area contributed by atoms with Gasteiger partial charge in [-0.15, -0.1) is 6.58 Å². The van der Waals surface area contributed by atoms with Crippen molar-refractivity contribution < 1.29 is 19.1 Å². The smallest absolute Gasteiger partial charge is 0.337 e. The summed E-state index contributed by atoms with van der Waals surface area (Å²) in [4.78, 5) is 24.6. The maximum Gasteiger partial charge on any atom is 0.337 e. The molecule has 0 radical (unpaired) electrons. The first-order valence-electron chi connectivity index (χ1n) is 6.08. The van der Waals surface area contributed by atoms with Crippen molar-refractivity contribution in [1.29, 1.82) is 0 Å². The molecule has 0 unspecified atom stereocenters. The summed E-state index contributed by atoms with van der Waals surface area (Å²) in [6, 6.07) is 2.51. The number of aromatic carboxylic acids is 1. The van der Waals surface area contributed by atoms with Gasteiger partial charge in [0.25, 0.3) is 0 Å². The molecule has 0 aliphatic rings. The number of hydrogen-bond acceptors (Lipinski definition) is 2. The molecule has 20 heavy (non-hydrogen) atoms. The zero-order chi connectivity index (χ0) is 15.3. The van der Waals surface area contributed by atoms with E-state index in [9.17, 15) is 14.0 Å². The topological polar surface area (TPSA) is 69.6 Å². The Balaban J connectivity index is 3.02. The Kier molecular flexibility index (Phi) is 5.25. The molecule has 0 saturated heterocycles. The van der Waals surface area contributed by atoms with Crippen molar-refractivity contribution in [1.82, 2.24) is 4.90 Å². The second-order valence-electron chi connectivity index (χ2n) is 4.46. The van der Waals surface area contributed by atoms with Gasteiger partial charge in [-0.25, -0.2) is 14.0 Å². The molecule has 1 aromatic rings. The van der Waals surface area contributed by atoms with E-state index in [0.717, 1.165) is 18.2 Å². The third-order valence-electron chi connectivity index (χ3n) is 2.66. The van der Waals surface area contributed by atoms with Crippen LogP contribution in [-0.4, -0.2) is 34.6 Å². The highest BCUT2D eigenvalue weighted by atomic mass is 19.1. The van der Waals surface area contributed by atoms with Crippen LogP contribution in [0.5, 0.6) is 0 Å². The van der Waals surface area contributed by atoms with Gasteiger partial charge in [0, 0.05) is 12.6 Å². The van der Waals surface area contributed by atoms with E-state index in [0.29, 0.717) is 6.54 Å². The van der Waals surface area contributed by atoms with Crippen LogP contribution in [0.2, 0.25) is 0 Å². The number of urea groups is 1. The Hall–Kier alpha value is -2.37. The Morgan fingerprint density at radius 2 is 2.15 bits per heavy atom. The van der Waals surface area contributed by atoms with Gasteiger partial charge in [-0.2, -0.15) is 0 Å². The molecule has 0 bridgehead atoms. The van der Waals surface area contributed by atoms with Crippen LogP contribution < -0.4 is 5.32 Å². The third-order valence-corrected chi connectivity index (χ3v) is 2.66. The van der Waals surface area contributed by atoms with Gasteiger partial charge >= 0.3 is 12.0 Å². The number of carbonyl (C=O) groups is 2. The minimum atomic E-state index is -1.24. The molecule has 0 aliphatic heterocycles. The van der Waals surface area contributed by atoms with Gasteiger partial charge in [0.1, 0.15) is 5.82 Å². The lowest BCUT2D eigenvalue weighted by Crippen LogP contribution is -2.40. The summed E-state index contributed by atoms with van der Waals surface area (Å²) < 4.78 is 13.2. The first-order chi connectivity index (χ1) is 9.36. The Bertz CT molecular complexity index is 529. The van der Waals surface area contributed by atoms with E-state index in [4.69, 9.17) is 5.11 Å². The van der Waals surface area contributed by atoms with Crippen molar-refractivity contribution in [2.75, 3.05) is 11.9 Å². The number of anilines is 1. The lowest BCUT2D eigenvalue weighted by Gasteiger charge is -2.25. The molecule has 0 atom stereocenters. The predicted octanol–water partition coefficient (Wildman–Crippen LogP) is 2.95. The highest BCUT2D eigenvalue weighted by Gasteiger charge is 2.19. The molecular formula is C14H17FN2O3. The van der Waals surface area contributed by atoms with E-state index in [1.165, 1.54) is 4.90 Å². The lowest BCUT2D eigenvalue weighted by molar-refractivity contribution is 0.0698. The summed E-state index contributed by atoms with van der Waals surface area (Å²) in [5.74, 6) is -1.86. The number of carboxylic acids is 1. The second kappa shape index (κ2) is 6.70. The maximum atomic E-state index is 13.2. The fourth-order valence-corrected chi connectivity index (χ4v) is 1.66. The minimum absolute atomic E-state index is 0.0720. The van der Waals surface area contributed by atoms with Gasteiger partial charge in [-0.1, -0.05) is 6.08 Å². The van der Waals surface area contributed by atoms with Crippen LogP contribution in [0, 0.1) is 5.82 Å². The molecule has 1 aromatic carbocycles. The quantitative estimate of drug-likeness (QED) is 0.815. The van der Waals surface area contributed by atoms with Crippen molar-refractivity contribution in [2.45, 2.75) is 19.9 Å². The molecule has 6 heteroatoms. The van der Waals surface area contributed by atoms with Crippen LogP contribution in [0.3, 0.4) is 0 Å². The molecule has 0 heterocycles. The average molecular weight is 280 g/mol. The lowest BCUT2D eigenvalue weighted by atomic mass is 10.1. The number of nitrogens with one attached hydrogen (secondary N) is 1. The van der Waals surface area contributed by atoms with Crippen LogP contribution in [-0.2, 0) is 0 Å². The van der Waals surface area contributed by atoms with E-state index in [1.807, 2.05) is 13.8 Å². The zero-order valence-corrected chi connectivity index (χ0v) is 11.4. The number of carboxylic acid groups (broad SMARTS) is 1. The molecule has 0 saturated carbocycles. The van der Waals surface area contributed by atoms with E-state index >= 15 is 0 Å². The normalized spacial score (nSPS) is 10.2. The maximum absolute atomic E-state index is 13.2. The number of carbonyl (C=O) groups excluding carboxylic acids is 1. The number of rotatable bonds is 5. The number of amides is 2. The van der Waals surface area contributed by atoms with E-state index in [2.05, 4.69) is 11.9 Å². The largest absolute Gasteiger partial charge is 0.478 e. The minimum Gasteiger partial charge on any atom is -0.478 e. The van der Waals surface area contributed by atoms with Crippen molar-refractivity contribution in [3.05, 3.63) is 42.2 Å². The van der Waals surface area contributed by atoms with Crippen LogP contribution in [0.25, 0.3) is 0 Å². The first kappa shape index (κ1) is 15.7. The van der Waals surface area contributed by atoms with Crippen LogP contribution in [0.1, 0.15) is 24.2 Å². The molecule has 2 N–H and O–H groups in total. The van der Waals surface area contributed by atoms with Crippen LogP contribution in [0.15, 0.2) is 30.9 Å². The molecule has 5 nitrogen and oxygen atoms in total. The summed E-state index contributed by atoms with van der Waals surface area (Å²) in [5.41, 5.74) is -0.237. The van der Waals surface area contributed by atoms with Crippen molar-refractivity contribution in [2.24, 2.45) is 0 Å². The van der Waals surface area contributed by atoms with Gasteiger partial charge in [0.05, 0.1) is 11.3 Å². The zero-order valence-electron chi connectivity index (χ0n) is 11.4. The molecule has 0 aliphatic carbocycles. The monoisotopic (exact) mass is 280 g/mol. The second-order valence-corrected chi connectivity index (χ2v) is 4.46.